The van der Waals surface area contributed by atoms with Crippen LogP contribution in [0.5, 0.6) is 0 Å². The molecular formula is C13H17N3OS. The van der Waals surface area contributed by atoms with Crippen LogP contribution in [0.4, 0.5) is 5.69 Å². The van der Waals surface area contributed by atoms with Crippen LogP contribution in [0.1, 0.15) is 18.3 Å². The molecule has 2 rings (SSSR count). The predicted molar refractivity (Wildman–Crippen MR) is 73.6 cm³/mol. The lowest BCUT2D eigenvalue weighted by molar-refractivity contribution is 0.675. The largest absolute Gasteiger partial charge is 0.399 e. The van der Waals surface area contributed by atoms with E-state index in [1.165, 1.54) is 0 Å². The van der Waals surface area contributed by atoms with Crippen molar-refractivity contribution in [1.29, 1.82) is 0 Å². The summed E-state index contributed by atoms with van der Waals surface area (Å²) in [5.74, 6) is 0.480. The van der Waals surface area contributed by atoms with Gasteiger partial charge >= 0.3 is 0 Å². The van der Waals surface area contributed by atoms with E-state index in [1.54, 1.807) is 16.8 Å². The molecule has 0 spiro atoms. The van der Waals surface area contributed by atoms with Crippen LogP contribution in [0.2, 0.25) is 0 Å². The van der Waals surface area contributed by atoms with Gasteiger partial charge in [-0.2, -0.15) is 5.10 Å². The zero-order chi connectivity index (χ0) is 13.1. The van der Waals surface area contributed by atoms with E-state index in [0.29, 0.717) is 11.4 Å². The number of nitrogen functional groups attached to an aromatic ring is 1. The van der Waals surface area contributed by atoms with Gasteiger partial charge in [0, 0.05) is 17.6 Å². The molecule has 2 aromatic rings. The lowest BCUT2D eigenvalue weighted by Crippen LogP contribution is -2.03. The number of hydrogen-bond acceptors (Lipinski definition) is 3. The van der Waals surface area contributed by atoms with Gasteiger partial charge in [-0.05, 0) is 36.8 Å². The summed E-state index contributed by atoms with van der Waals surface area (Å²) in [6.45, 7) is 2.06. The van der Waals surface area contributed by atoms with E-state index in [9.17, 15) is 4.21 Å². The smallest absolute Gasteiger partial charge is 0.0702 e. The summed E-state index contributed by atoms with van der Waals surface area (Å²) in [6, 6.07) is 9.17. The highest BCUT2D eigenvalue weighted by molar-refractivity contribution is 7.84. The maximum Gasteiger partial charge on any atom is 0.0702 e. The Morgan fingerprint density at radius 2 is 2.00 bits per heavy atom. The average Bonchev–Trinajstić information content (AvgIpc) is 2.71. The molecule has 1 aromatic carbocycles. The highest BCUT2D eigenvalue weighted by atomic mass is 32.2. The molecule has 18 heavy (non-hydrogen) atoms. The molecule has 0 radical (unpaired) electrons. The molecule has 0 saturated carbocycles. The van der Waals surface area contributed by atoms with Crippen LogP contribution < -0.4 is 5.73 Å². The number of aromatic nitrogens is 2. The highest BCUT2D eigenvalue weighted by Gasteiger charge is 2.09. The second kappa shape index (κ2) is 5.35. The number of hydrogen-bond donors (Lipinski definition) is 1. The number of anilines is 1. The van der Waals surface area contributed by atoms with Crippen molar-refractivity contribution in [2.24, 2.45) is 7.05 Å². The Balaban J connectivity index is 2.15. The molecule has 0 saturated heterocycles. The molecule has 0 amide bonds. The van der Waals surface area contributed by atoms with Gasteiger partial charge in [0.1, 0.15) is 0 Å². The molecule has 1 aromatic heterocycles. The quantitative estimate of drug-likeness (QED) is 0.857. The summed E-state index contributed by atoms with van der Waals surface area (Å²) in [5, 5.41) is 4.35. The summed E-state index contributed by atoms with van der Waals surface area (Å²) >= 11 is 0. The predicted octanol–water partition coefficient (Wildman–Crippen LogP) is 1.87. The monoisotopic (exact) mass is 263 g/mol. The van der Waals surface area contributed by atoms with E-state index in [4.69, 9.17) is 5.73 Å². The fourth-order valence-electron chi connectivity index (χ4n) is 1.72. The van der Waals surface area contributed by atoms with E-state index in [0.717, 1.165) is 22.7 Å². The molecule has 2 N–H and O–H groups in total. The molecular weight excluding hydrogens is 246 g/mol. The second-order valence-electron chi connectivity index (χ2n) is 4.16. The highest BCUT2D eigenvalue weighted by Crippen LogP contribution is 2.15. The lowest BCUT2D eigenvalue weighted by Gasteiger charge is -2.03. The van der Waals surface area contributed by atoms with Crippen molar-refractivity contribution in [2.45, 2.75) is 24.0 Å². The molecule has 5 heteroatoms. The molecule has 0 aliphatic rings. The Hall–Kier alpha value is -1.62. The van der Waals surface area contributed by atoms with Gasteiger partial charge in [0.15, 0.2) is 0 Å². The standard InChI is InChI=1S/C13H17N3OS/c1-3-11-8-12(16(2)15-11)9-18(17)13-6-4-10(14)5-7-13/h4-8H,3,9,14H2,1-2H3. The number of benzene rings is 1. The van der Waals surface area contributed by atoms with Crippen LogP contribution in [0.25, 0.3) is 0 Å². The minimum absolute atomic E-state index is 0.480. The van der Waals surface area contributed by atoms with E-state index in [-0.39, 0.29) is 0 Å². The van der Waals surface area contributed by atoms with E-state index < -0.39 is 10.8 Å². The molecule has 96 valence electrons. The Morgan fingerprint density at radius 1 is 1.33 bits per heavy atom. The Labute approximate surface area is 109 Å². The van der Waals surface area contributed by atoms with Gasteiger partial charge in [0.05, 0.1) is 27.9 Å². The van der Waals surface area contributed by atoms with Crippen LogP contribution >= 0.6 is 0 Å². The first-order valence-electron chi connectivity index (χ1n) is 5.86. The van der Waals surface area contributed by atoms with Crippen molar-refractivity contribution in [1.82, 2.24) is 9.78 Å². The van der Waals surface area contributed by atoms with Crippen molar-refractivity contribution >= 4 is 16.5 Å². The third-order valence-electron chi connectivity index (χ3n) is 2.81. The van der Waals surface area contributed by atoms with Crippen molar-refractivity contribution in [2.75, 3.05) is 5.73 Å². The molecule has 4 nitrogen and oxygen atoms in total. The Kier molecular flexibility index (Phi) is 3.81. The first kappa shape index (κ1) is 12.8. The van der Waals surface area contributed by atoms with Crippen LogP contribution in [0.3, 0.4) is 0 Å². The zero-order valence-electron chi connectivity index (χ0n) is 10.6. The zero-order valence-corrected chi connectivity index (χ0v) is 11.4. The summed E-state index contributed by atoms with van der Waals surface area (Å²) in [6.07, 6.45) is 0.891. The topological polar surface area (TPSA) is 60.9 Å². The Bertz CT molecular complexity index is 560. The number of nitrogens with zero attached hydrogens (tertiary/aromatic N) is 2. The molecule has 0 bridgehead atoms. The lowest BCUT2D eigenvalue weighted by atomic mass is 10.3. The molecule has 0 aliphatic heterocycles. The van der Waals surface area contributed by atoms with E-state index >= 15 is 0 Å². The van der Waals surface area contributed by atoms with Crippen LogP contribution in [0, 0.1) is 0 Å². The maximum absolute atomic E-state index is 12.2. The van der Waals surface area contributed by atoms with Gasteiger partial charge in [-0.1, -0.05) is 6.92 Å². The first-order chi connectivity index (χ1) is 8.60. The summed E-state index contributed by atoms with van der Waals surface area (Å²) in [5.41, 5.74) is 8.31. The van der Waals surface area contributed by atoms with Crippen molar-refractivity contribution in [3.8, 4) is 0 Å². The first-order valence-corrected chi connectivity index (χ1v) is 7.17. The number of rotatable bonds is 4. The molecule has 1 atom stereocenters. The fourth-order valence-corrected chi connectivity index (χ4v) is 2.86. The molecule has 1 unspecified atom stereocenters. The van der Waals surface area contributed by atoms with Gasteiger partial charge in [-0.15, -0.1) is 0 Å². The number of nitrogens with two attached hydrogens (primary N) is 1. The summed E-state index contributed by atoms with van der Waals surface area (Å²) in [4.78, 5) is 0.795. The van der Waals surface area contributed by atoms with Crippen molar-refractivity contribution in [3.05, 3.63) is 41.7 Å². The van der Waals surface area contributed by atoms with Crippen LogP contribution in [-0.2, 0) is 30.0 Å². The Morgan fingerprint density at radius 3 is 2.56 bits per heavy atom. The SMILES string of the molecule is CCc1cc(CS(=O)c2ccc(N)cc2)n(C)n1. The third-order valence-corrected chi connectivity index (χ3v) is 4.17. The van der Waals surface area contributed by atoms with E-state index in [2.05, 4.69) is 12.0 Å². The average molecular weight is 263 g/mol. The van der Waals surface area contributed by atoms with E-state index in [1.807, 2.05) is 25.2 Å². The third kappa shape index (κ3) is 2.79. The van der Waals surface area contributed by atoms with Gasteiger partial charge in [-0.3, -0.25) is 8.89 Å². The minimum atomic E-state index is -1.06. The minimum Gasteiger partial charge on any atom is -0.399 e. The van der Waals surface area contributed by atoms with Crippen molar-refractivity contribution in [3.63, 3.8) is 0 Å². The second-order valence-corrected chi connectivity index (χ2v) is 5.61. The molecule has 0 fully saturated rings. The van der Waals surface area contributed by atoms with Gasteiger partial charge < -0.3 is 5.73 Å². The summed E-state index contributed by atoms with van der Waals surface area (Å²) < 4.78 is 14.0. The van der Waals surface area contributed by atoms with Gasteiger partial charge in [-0.25, -0.2) is 0 Å². The van der Waals surface area contributed by atoms with Crippen LogP contribution in [0.15, 0.2) is 35.2 Å². The van der Waals surface area contributed by atoms with Gasteiger partial charge in [0.25, 0.3) is 0 Å². The number of aryl methyl sites for hydroxylation is 2. The summed E-state index contributed by atoms with van der Waals surface area (Å²) in [7, 11) is 0.826. The fraction of sp³-hybridized carbons (Fsp3) is 0.308. The van der Waals surface area contributed by atoms with Crippen LogP contribution in [-0.4, -0.2) is 14.0 Å². The molecule has 1 heterocycles. The maximum atomic E-state index is 12.2. The normalized spacial score (nSPS) is 12.6. The van der Waals surface area contributed by atoms with Gasteiger partial charge in [0.2, 0.25) is 0 Å². The molecule has 0 aliphatic carbocycles. The van der Waals surface area contributed by atoms with Crippen molar-refractivity contribution < 1.29 is 4.21 Å².